The van der Waals surface area contributed by atoms with Crippen LogP contribution in [0.2, 0.25) is 0 Å². The van der Waals surface area contributed by atoms with Crippen LogP contribution in [0.25, 0.3) is 0 Å². The molecule has 1 aromatic carbocycles. The van der Waals surface area contributed by atoms with E-state index in [0.29, 0.717) is 11.3 Å². The van der Waals surface area contributed by atoms with Crippen LogP contribution in [-0.4, -0.2) is 6.54 Å². The second-order valence-corrected chi connectivity index (χ2v) is 4.98. The van der Waals surface area contributed by atoms with Gasteiger partial charge >= 0.3 is 0 Å². The average Bonchev–Trinajstić information content (AvgIpc) is 2.80. The third-order valence-corrected chi connectivity index (χ3v) is 3.73. The second-order valence-electron chi connectivity index (χ2n) is 4.06. The van der Waals surface area contributed by atoms with Crippen molar-refractivity contribution in [1.29, 1.82) is 0 Å². The predicted octanol–water partition coefficient (Wildman–Crippen LogP) is 2.69. The first-order valence-electron chi connectivity index (χ1n) is 4.63. The fourth-order valence-electron chi connectivity index (χ4n) is 1.98. The Hall–Kier alpha value is -0.340. The number of nitrogens with two attached hydrogens (primary N) is 1. The van der Waals surface area contributed by atoms with Gasteiger partial charge in [-0.05, 0) is 42.0 Å². The van der Waals surface area contributed by atoms with Crippen LogP contribution in [-0.2, 0) is 5.41 Å². The van der Waals surface area contributed by atoms with E-state index < -0.39 is 0 Å². The number of hydrogen-bond donors (Lipinski definition) is 1. The van der Waals surface area contributed by atoms with E-state index >= 15 is 0 Å². The van der Waals surface area contributed by atoms with E-state index in [0.717, 1.165) is 11.0 Å². The highest BCUT2D eigenvalue weighted by Crippen LogP contribution is 2.53. The van der Waals surface area contributed by atoms with Gasteiger partial charge in [-0.1, -0.05) is 35.0 Å². The lowest BCUT2D eigenvalue weighted by Crippen LogP contribution is -2.11. The number of hydrogen-bond acceptors (Lipinski definition) is 1. The lowest BCUT2D eigenvalue weighted by molar-refractivity contribution is 0.666. The lowest BCUT2D eigenvalue weighted by atomic mass is 9.96. The average molecular weight is 240 g/mol. The maximum Gasteiger partial charge on any atom is 0.0175 e. The summed E-state index contributed by atoms with van der Waals surface area (Å²) >= 11 is 3.44. The predicted molar refractivity (Wildman–Crippen MR) is 58.7 cm³/mol. The zero-order valence-corrected chi connectivity index (χ0v) is 9.34. The van der Waals surface area contributed by atoms with Crippen molar-refractivity contribution in [3.05, 3.63) is 34.3 Å². The van der Waals surface area contributed by atoms with Crippen molar-refractivity contribution in [1.82, 2.24) is 0 Å². The summed E-state index contributed by atoms with van der Waals surface area (Å²) in [4.78, 5) is 0. The minimum atomic E-state index is 0.357. The molecule has 0 spiro atoms. The number of benzene rings is 1. The summed E-state index contributed by atoms with van der Waals surface area (Å²) in [5.74, 6) is 0.689. The van der Waals surface area contributed by atoms with Crippen molar-refractivity contribution in [3.8, 4) is 0 Å². The molecule has 1 nitrogen and oxygen atoms in total. The first-order valence-corrected chi connectivity index (χ1v) is 5.42. The molecule has 2 heteroatoms. The molecule has 0 aliphatic heterocycles. The van der Waals surface area contributed by atoms with Crippen LogP contribution in [0.3, 0.4) is 0 Å². The van der Waals surface area contributed by atoms with Crippen molar-refractivity contribution in [2.45, 2.75) is 18.8 Å². The summed E-state index contributed by atoms with van der Waals surface area (Å²) in [6, 6.07) is 8.60. The molecule has 70 valence electrons. The molecule has 1 saturated carbocycles. The fraction of sp³-hybridized carbons (Fsp3) is 0.455. The van der Waals surface area contributed by atoms with Crippen molar-refractivity contribution in [2.75, 3.05) is 6.54 Å². The van der Waals surface area contributed by atoms with Gasteiger partial charge in [-0.25, -0.2) is 0 Å². The van der Waals surface area contributed by atoms with E-state index in [1.54, 1.807) is 0 Å². The summed E-state index contributed by atoms with van der Waals surface area (Å²) in [5, 5.41) is 0. The van der Waals surface area contributed by atoms with Gasteiger partial charge in [-0.3, -0.25) is 0 Å². The van der Waals surface area contributed by atoms with E-state index in [9.17, 15) is 0 Å². The molecule has 1 fully saturated rings. The molecular weight excluding hydrogens is 226 g/mol. The largest absolute Gasteiger partial charge is 0.330 e. The maximum atomic E-state index is 5.67. The Labute approximate surface area is 87.5 Å². The van der Waals surface area contributed by atoms with E-state index in [1.807, 2.05) is 0 Å². The molecule has 0 heterocycles. The van der Waals surface area contributed by atoms with Gasteiger partial charge in [0.05, 0.1) is 0 Å². The maximum absolute atomic E-state index is 5.67. The van der Waals surface area contributed by atoms with Crippen LogP contribution in [0.5, 0.6) is 0 Å². The molecule has 1 aliphatic rings. The highest BCUT2D eigenvalue weighted by molar-refractivity contribution is 9.10. The smallest absolute Gasteiger partial charge is 0.0175 e. The lowest BCUT2D eigenvalue weighted by Gasteiger charge is -2.10. The van der Waals surface area contributed by atoms with Crippen molar-refractivity contribution >= 4 is 15.9 Å². The normalized spacial score (nSPS) is 31.8. The molecule has 0 aromatic heterocycles. The van der Waals surface area contributed by atoms with Gasteiger partial charge in [0, 0.05) is 4.47 Å². The zero-order chi connectivity index (χ0) is 9.47. The van der Waals surface area contributed by atoms with E-state index in [4.69, 9.17) is 5.73 Å². The van der Waals surface area contributed by atoms with E-state index in [1.165, 1.54) is 12.0 Å². The van der Waals surface area contributed by atoms with Gasteiger partial charge in [0.15, 0.2) is 0 Å². The fourth-order valence-corrected chi connectivity index (χ4v) is 2.24. The highest BCUT2D eigenvalue weighted by Gasteiger charge is 2.49. The van der Waals surface area contributed by atoms with E-state index in [-0.39, 0.29) is 0 Å². The Morgan fingerprint density at radius 1 is 1.46 bits per heavy atom. The topological polar surface area (TPSA) is 26.0 Å². The van der Waals surface area contributed by atoms with Crippen molar-refractivity contribution < 1.29 is 0 Å². The molecular formula is C11H14BrN. The molecule has 1 aliphatic carbocycles. The van der Waals surface area contributed by atoms with Crippen molar-refractivity contribution in [2.24, 2.45) is 11.7 Å². The molecule has 1 aromatic rings. The van der Waals surface area contributed by atoms with Gasteiger partial charge in [0.2, 0.25) is 0 Å². The Kier molecular flexibility index (Phi) is 2.20. The standard InChI is InChI=1S/C11H14BrN/c1-11(6-9(11)7-13)8-2-4-10(12)5-3-8/h2-5,9H,6-7,13H2,1H3/t9-,11?/m0/s1. The summed E-state index contributed by atoms with van der Waals surface area (Å²) in [6.07, 6.45) is 1.24. The Morgan fingerprint density at radius 3 is 2.54 bits per heavy atom. The van der Waals surface area contributed by atoms with Crippen molar-refractivity contribution in [3.63, 3.8) is 0 Å². The van der Waals surface area contributed by atoms with E-state index in [2.05, 4.69) is 47.1 Å². The summed E-state index contributed by atoms with van der Waals surface area (Å²) in [6.45, 7) is 3.11. The molecule has 0 amide bonds. The quantitative estimate of drug-likeness (QED) is 0.844. The molecule has 2 N–H and O–H groups in total. The van der Waals surface area contributed by atoms with Crippen LogP contribution >= 0.6 is 15.9 Å². The monoisotopic (exact) mass is 239 g/mol. The first-order chi connectivity index (χ1) is 6.16. The Morgan fingerprint density at radius 2 is 2.08 bits per heavy atom. The molecule has 1 unspecified atom stereocenters. The molecule has 2 atom stereocenters. The highest BCUT2D eigenvalue weighted by atomic mass is 79.9. The molecule has 0 saturated heterocycles. The SMILES string of the molecule is CC1(c2ccc(Br)cc2)C[C@H]1CN. The summed E-state index contributed by atoms with van der Waals surface area (Å²) in [5.41, 5.74) is 7.45. The zero-order valence-electron chi connectivity index (χ0n) is 7.76. The molecule has 0 bridgehead atoms. The summed E-state index contributed by atoms with van der Waals surface area (Å²) < 4.78 is 1.14. The Bertz CT molecular complexity index is 306. The van der Waals surface area contributed by atoms with Gasteiger partial charge < -0.3 is 5.73 Å². The molecule has 13 heavy (non-hydrogen) atoms. The minimum absolute atomic E-state index is 0.357. The molecule has 0 radical (unpaired) electrons. The van der Waals surface area contributed by atoms with Crippen LogP contribution in [0.1, 0.15) is 18.9 Å². The van der Waals surface area contributed by atoms with Crippen LogP contribution in [0, 0.1) is 5.92 Å². The van der Waals surface area contributed by atoms with Gasteiger partial charge in [0.25, 0.3) is 0 Å². The molecule has 2 rings (SSSR count). The van der Waals surface area contributed by atoms with Crippen LogP contribution in [0.4, 0.5) is 0 Å². The third-order valence-electron chi connectivity index (χ3n) is 3.20. The minimum Gasteiger partial charge on any atom is -0.330 e. The first kappa shape index (κ1) is 9.22. The van der Waals surface area contributed by atoms with Gasteiger partial charge in [0.1, 0.15) is 0 Å². The van der Waals surface area contributed by atoms with Gasteiger partial charge in [-0.2, -0.15) is 0 Å². The Balaban J connectivity index is 2.23. The number of rotatable bonds is 2. The third kappa shape index (κ3) is 1.53. The second kappa shape index (κ2) is 3.10. The van der Waals surface area contributed by atoms with Crippen LogP contribution < -0.4 is 5.73 Å². The van der Waals surface area contributed by atoms with Gasteiger partial charge in [-0.15, -0.1) is 0 Å². The summed E-state index contributed by atoms with van der Waals surface area (Å²) in [7, 11) is 0. The number of halogens is 1. The van der Waals surface area contributed by atoms with Crippen LogP contribution in [0.15, 0.2) is 28.7 Å².